The Morgan fingerprint density at radius 3 is 2.50 bits per heavy atom. The first-order valence-corrected chi connectivity index (χ1v) is 9.11. The Morgan fingerprint density at radius 2 is 1.85 bits per heavy atom. The van der Waals surface area contributed by atoms with Gasteiger partial charge in [-0.05, 0) is 18.6 Å². The lowest BCUT2D eigenvalue weighted by Crippen LogP contribution is -2.49. The van der Waals surface area contributed by atoms with Crippen LogP contribution in [0.2, 0.25) is 5.02 Å². The largest absolute Gasteiger partial charge is 0.363 e. The van der Waals surface area contributed by atoms with Gasteiger partial charge in [0.1, 0.15) is 17.5 Å². The van der Waals surface area contributed by atoms with Gasteiger partial charge in [0.25, 0.3) is 0 Å². The Labute approximate surface area is 159 Å². The lowest BCUT2D eigenvalue weighted by molar-refractivity contribution is -0.130. The molecule has 7 heteroatoms. The van der Waals surface area contributed by atoms with E-state index in [1.165, 1.54) is 0 Å². The third kappa shape index (κ3) is 4.25. The monoisotopic (exact) mass is 373 g/mol. The molecule has 1 saturated heterocycles. The maximum atomic E-state index is 12.6. The van der Waals surface area contributed by atoms with Crippen LogP contribution in [-0.4, -0.2) is 61.0 Å². The topological polar surface area (TPSA) is 52.6 Å². The van der Waals surface area contributed by atoms with Crippen LogP contribution in [0.4, 0.5) is 11.6 Å². The van der Waals surface area contributed by atoms with E-state index in [0.29, 0.717) is 24.5 Å². The van der Waals surface area contributed by atoms with Gasteiger partial charge in [-0.1, -0.05) is 29.8 Å². The van der Waals surface area contributed by atoms with Crippen molar-refractivity contribution in [1.82, 2.24) is 14.9 Å². The quantitative estimate of drug-likeness (QED) is 0.823. The predicted octanol–water partition coefficient (Wildman–Crippen LogP) is 2.40. The smallest absolute Gasteiger partial charge is 0.227 e. The molecule has 6 nitrogen and oxygen atoms in total. The molecule has 1 amide bonds. The van der Waals surface area contributed by atoms with Crippen LogP contribution in [0.1, 0.15) is 11.4 Å². The molecule has 1 aliphatic heterocycles. The summed E-state index contributed by atoms with van der Waals surface area (Å²) in [6, 6.07) is 9.51. The summed E-state index contributed by atoms with van der Waals surface area (Å²) in [5.41, 5.74) is 0.878. The molecule has 0 aliphatic carbocycles. The molecule has 1 aromatic heterocycles. The fraction of sp³-hybridized carbons (Fsp3) is 0.421. The molecular formula is C19H24ClN5O. The number of piperazine rings is 1. The third-order valence-electron chi connectivity index (χ3n) is 4.52. The second-order valence-corrected chi connectivity index (χ2v) is 7.07. The van der Waals surface area contributed by atoms with Crippen LogP contribution in [-0.2, 0) is 11.2 Å². The van der Waals surface area contributed by atoms with Crippen molar-refractivity contribution in [2.24, 2.45) is 0 Å². The van der Waals surface area contributed by atoms with Crippen LogP contribution in [0.15, 0.2) is 30.3 Å². The van der Waals surface area contributed by atoms with Gasteiger partial charge < -0.3 is 14.7 Å². The first-order chi connectivity index (χ1) is 12.4. The van der Waals surface area contributed by atoms with Gasteiger partial charge in [-0.25, -0.2) is 9.97 Å². The second kappa shape index (κ2) is 7.91. The Balaban J connectivity index is 1.62. The average Bonchev–Trinajstić information content (AvgIpc) is 2.63. The van der Waals surface area contributed by atoms with Crippen molar-refractivity contribution in [1.29, 1.82) is 0 Å². The summed E-state index contributed by atoms with van der Waals surface area (Å²) in [7, 11) is 3.94. The number of amides is 1. The number of hydrogen-bond acceptors (Lipinski definition) is 5. The first kappa shape index (κ1) is 18.5. The summed E-state index contributed by atoms with van der Waals surface area (Å²) in [4.78, 5) is 27.7. The van der Waals surface area contributed by atoms with Crippen LogP contribution >= 0.6 is 11.6 Å². The van der Waals surface area contributed by atoms with E-state index in [1.807, 2.05) is 61.2 Å². The molecule has 2 heterocycles. The highest BCUT2D eigenvalue weighted by molar-refractivity contribution is 6.31. The van der Waals surface area contributed by atoms with Gasteiger partial charge in [0.05, 0.1) is 6.42 Å². The van der Waals surface area contributed by atoms with Crippen LogP contribution in [0.3, 0.4) is 0 Å². The van der Waals surface area contributed by atoms with E-state index in [1.54, 1.807) is 0 Å². The van der Waals surface area contributed by atoms with Gasteiger partial charge in [-0.2, -0.15) is 0 Å². The summed E-state index contributed by atoms with van der Waals surface area (Å²) in [6.45, 7) is 4.79. The van der Waals surface area contributed by atoms with Crippen molar-refractivity contribution < 1.29 is 4.79 Å². The van der Waals surface area contributed by atoms with Gasteiger partial charge in [0, 0.05) is 51.4 Å². The number of aromatic nitrogens is 2. The minimum atomic E-state index is 0.116. The molecule has 0 spiro atoms. The predicted molar refractivity (Wildman–Crippen MR) is 105 cm³/mol. The molecular weight excluding hydrogens is 350 g/mol. The maximum Gasteiger partial charge on any atom is 0.227 e. The van der Waals surface area contributed by atoms with E-state index >= 15 is 0 Å². The molecule has 0 unspecified atom stereocenters. The number of hydrogen-bond donors (Lipinski definition) is 0. The molecule has 2 aromatic rings. The Kier molecular flexibility index (Phi) is 5.61. The number of benzene rings is 1. The molecule has 138 valence electrons. The zero-order valence-corrected chi connectivity index (χ0v) is 16.2. The lowest BCUT2D eigenvalue weighted by Gasteiger charge is -2.35. The molecule has 1 fully saturated rings. The average molecular weight is 374 g/mol. The van der Waals surface area contributed by atoms with E-state index in [2.05, 4.69) is 14.9 Å². The van der Waals surface area contributed by atoms with Crippen LogP contribution in [0.25, 0.3) is 0 Å². The summed E-state index contributed by atoms with van der Waals surface area (Å²) in [5.74, 6) is 2.68. The summed E-state index contributed by atoms with van der Waals surface area (Å²) in [5, 5.41) is 0.646. The van der Waals surface area contributed by atoms with Crippen molar-refractivity contribution in [3.63, 3.8) is 0 Å². The molecule has 26 heavy (non-hydrogen) atoms. The van der Waals surface area contributed by atoms with Crippen LogP contribution in [0.5, 0.6) is 0 Å². The van der Waals surface area contributed by atoms with Gasteiger partial charge in [-0.3, -0.25) is 4.79 Å². The van der Waals surface area contributed by atoms with Gasteiger partial charge in [0.2, 0.25) is 5.91 Å². The Hall–Kier alpha value is -2.34. The summed E-state index contributed by atoms with van der Waals surface area (Å²) < 4.78 is 0. The third-order valence-corrected chi connectivity index (χ3v) is 4.89. The van der Waals surface area contributed by atoms with Crippen molar-refractivity contribution in [3.8, 4) is 0 Å². The highest BCUT2D eigenvalue weighted by Gasteiger charge is 2.23. The van der Waals surface area contributed by atoms with Crippen molar-refractivity contribution in [2.45, 2.75) is 13.3 Å². The van der Waals surface area contributed by atoms with Crippen LogP contribution < -0.4 is 9.80 Å². The highest BCUT2D eigenvalue weighted by atomic mass is 35.5. The van der Waals surface area contributed by atoms with E-state index in [0.717, 1.165) is 36.1 Å². The number of carbonyl (C=O) groups is 1. The fourth-order valence-corrected chi connectivity index (χ4v) is 3.23. The standard InChI is InChI=1S/C19H24ClN5O/c1-14-21-17(23(2)3)13-18(22-14)24-8-10-25(11-9-24)19(26)12-15-6-4-5-7-16(15)20/h4-7,13H,8-12H2,1-3H3. The minimum Gasteiger partial charge on any atom is -0.363 e. The highest BCUT2D eigenvalue weighted by Crippen LogP contribution is 2.20. The van der Waals surface area contributed by atoms with E-state index in [9.17, 15) is 4.79 Å². The van der Waals surface area contributed by atoms with E-state index in [-0.39, 0.29) is 5.91 Å². The van der Waals surface area contributed by atoms with Gasteiger partial charge in [0.15, 0.2) is 0 Å². The molecule has 0 bridgehead atoms. The van der Waals surface area contributed by atoms with Crippen molar-refractivity contribution in [2.75, 3.05) is 50.1 Å². The fourth-order valence-electron chi connectivity index (χ4n) is 3.03. The SMILES string of the molecule is Cc1nc(N(C)C)cc(N2CCN(C(=O)Cc3ccccc3Cl)CC2)n1. The zero-order chi connectivity index (χ0) is 18.7. The number of halogens is 1. The van der Waals surface area contributed by atoms with Crippen molar-refractivity contribution >= 4 is 29.1 Å². The van der Waals surface area contributed by atoms with E-state index < -0.39 is 0 Å². The molecule has 3 rings (SSSR count). The minimum absolute atomic E-state index is 0.116. The van der Waals surface area contributed by atoms with Crippen molar-refractivity contribution in [3.05, 3.63) is 46.7 Å². The second-order valence-electron chi connectivity index (χ2n) is 6.66. The first-order valence-electron chi connectivity index (χ1n) is 8.73. The number of anilines is 2. The molecule has 0 N–H and O–H groups in total. The molecule has 1 aliphatic rings. The summed E-state index contributed by atoms with van der Waals surface area (Å²) in [6.07, 6.45) is 0.344. The van der Waals surface area contributed by atoms with Gasteiger partial charge >= 0.3 is 0 Å². The number of aryl methyl sites for hydroxylation is 1. The van der Waals surface area contributed by atoms with Crippen LogP contribution in [0, 0.1) is 6.92 Å². The van der Waals surface area contributed by atoms with E-state index in [4.69, 9.17) is 11.6 Å². The zero-order valence-electron chi connectivity index (χ0n) is 15.4. The molecule has 0 atom stereocenters. The molecule has 1 aromatic carbocycles. The normalized spacial score (nSPS) is 14.5. The maximum absolute atomic E-state index is 12.6. The summed E-state index contributed by atoms with van der Waals surface area (Å²) >= 11 is 6.17. The molecule has 0 saturated carbocycles. The number of nitrogens with zero attached hydrogens (tertiary/aromatic N) is 5. The number of carbonyl (C=O) groups excluding carboxylic acids is 1. The molecule has 0 radical (unpaired) electrons. The Morgan fingerprint density at radius 1 is 1.15 bits per heavy atom. The lowest BCUT2D eigenvalue weighted by atomic mass is 10.1. The number of rotatable bonds is 4. The Bertz CT molecular complexity index is 787. The van der Waals surface area contributed by atoms with Gasteiger partial charge in [-0.15, -0.1) is 0 Å².